The fraction of sp³-hybridized carbons (Fsp3) is 0.889. The minimum atomic E-state index is 0.118. The SMILES string of the molecule is CNC(=O)N1CCCCC12CC2. The molecule has 0 atom stereocenters. The van der Waals surface area contributed by atoms with Crippen LogP contribution in [0.5, 0.6) is 0 Å². The first-order valence-electron chi connectivity index (χ1n) is 4.78. The molecule has 0 aromatic heterocycles. The van der Waals surface area contributed by atoms with E-state index in [9.17, 15) is 4.79 Å². The van der Waals surface area contributed by atoms with Gasteiger partial charge in [-0.3, -0.25) is 0 Å². The molecule has 1 heterocycles. The van der Waals surface area contributed by atoms with Crippen molar-refractivity contribution in [2.45, 2.75) is 37.6 Å². The van der Waals surface area contributed by atoms with Crippen molar-refractivity contribution in [3.63, 3.8) is 0 Å². The van der Waals surface area contributed by atoms with Crippen LogP contribution in [0.3, 0.4) is 0 Å². The zero-order valence-electron chi connectivity index (χ0n) is 7.60. The molecule has 1 spiro atoms. The highest BCUT2D eigenvalue weighted by molar-refractivity contribution is 5.75. The normalized spacial score (nSPS) is 25.6. The van der Waals surface area contributed by atoms with Crippen LogP contribution in [0.2, 0.25) is 0 Å². The molecule has 1 saturated carbocycles. The summed E-state index contributed by atoms with van der Waals surface area (Å²) in [6.45, 7) is 0.958. The second-order valence-electron chi connectivity index (χ2n) is 3.89. The summed E-state index contributed by atoms with van der Waals surface area (Å²) in [6, 6.07) is 0.118. The minimum absolute atomic E-state index is 0.118. The van der Waals surface area contributed by atoms with Crippen LogP contribution < -0.4 is 5.32 Å². The molecular weight excluding hydrogens is 152 g/mol. The predicted molar refractivity (Wildman–Crippen MR) is 47.0 cm³/mol. The van der Waals surface area contributed by atoms with E-state index in [0.717, 1.165) is 6.54 Å². The molecule has 2 rings (SSSR count). The first kappa shape index (κ1) is 7.90. The molecule has 68 valence electrons. The summed E-state index contributed by atoms with van der Waals surface area (Å²) in [6.07, 6.45) is 6.14. The molecule has 0 unspecified atom stereocenters. The maximum absolute atomic E-state index is 11.4. The van der Waals surface area contributed by atoms with E-state index in [0.29, 0.717) is 5.54 Å². The Bertz CT molecular complexity index is 199. The van der Waals surface area contributed by atoms with Gasteiger partial charge < -0.3 is 10.2 Å². The molecule has 2 amide bonds. The van der Waals surface area contributed by atoms with Crippen molar-refractivity contribution in [3.05, 3.63) is 0 Å². The third-order valence-corrected chi connectivity index (χ3v) is 3.13. The first-order valence-corrected chi connectivity index (χ1v) is 4.78. The number of piperidine rings is 1. The number of nitrogens with one attached hydrogen (secondary N) is 1. The Kier molecular flexibility index (Phi) is 1.74. The summed E-state index contributed by atoms with van der Waals surface area (Å²) >= 11 is 0. The molecule has 0 aromatic rings. The lowest BCUT2D eigenvalue weighted by Crippen LogP contribution is -2.49. The number of rotatable bonds is 0. The maximum atomic E-state index is 11.4. The van der Waals surface area contributed by atoms with E-state index in [-0.39, 0.29) is 6.03 Å². The van der Waals surface area contributed by atoms with Crippen molar-refractivity contribution >= 4 is 6.03 Å². The van der Waals surface area contributed by atoms with Crippen LogP contribution in [0.15, 0.2) is 0 Å². The van der Waals surface area contributed by atoms with Gasteiger partial charge >= 0.3 is 6.03 Å². The molecule has 1 saturated heterocycles. The second kappa shape index (κ2) is 2.64. The Hall–Kier alpha value is -0.730. The number of hydrogen-bond acceptors (Lipinski definition) is 1. The van der Waals surface area contributed by atoms with Gasteiger partial charge in [0, 0.05) is 19.1 Å². The Morgan fingerprint density at radius 3 is 2.67 bits per heavy atom. The lowest BCUT2D eigenvalue weighted by molar-refractivity contribution is 0.142. The molecular formula is C9H16N2O. The maximum Gasteiger partial charge on any atom is 0.317 e. The molecule has 1 aliphatic carbocycles. The zero-order chi connectivity index (χ0) is 8.60. The van der Waals surface area contributed by atoms with Gasteiger partial charge in [-0.05, 0) is 32.1 Å². The summed E-state index contributed by atoms with van der Waals surface area (Å²) in [7, 11) is 1.72. The molecule has 3 nitrogen and oxygen atoms in total. The quantitative estimate of drug-likeness (QED) is 0.581. The van der Waals surface area contributed by atoms with Crippen LogP contribution in [0.25, 0.3) is 0 Å². The van der Waals surface area contributed by atoms with Gasteiger partial charge in [0.2, 0.25) is 0 Å². The zero-order valence-corrected chi connectivity index (χ0v) is 7.60. The van der Waals surface area contributed by atoms with Gasteiger partial charge in [0.15, 0.2) is 0 Å². The number of urea groups is 1. The van der Waals surface area contributed by atoms with Gasteiger partial charge in [0.1, 0.15) is 0 Å². The number of hydrogen-bond donors (Lipinski definition) is 1. The van der Waals surface area contributed by atoms with Gasteiger partial charge in [0.05, 0.1) is 0 Å². The second-order valence-corrected chi connectivity index (χ2v) is 3.89. The Labute approximate surface area is 73.1 Å². The average Bonchev–Trinajstić information content (AvgIpc) is 2.85. The topological polar surface area (TPSA) is 32.3 Å². The number of nitrogens with zero attached hydrogens (tertiary/aromatic N) is 1. The summed E-state index contributed by atoms with van der Waals surface area (Å²) in [5, 5.41) is 2.72. The number of likely N-dealkylation sites (tertiary alicyclic amines) is 1. The number of amides is 2. The molecule has 12 heavy (non-hydrogen) atoms. The Morgan fingerprint density at radius 1 is 1.33 bits per heavy atom. The van der Waals surface area contributed by atoms with Crippen molar-refractivity contribution in [2.75, 3.05) is 13.6 Å². The summed E-state index contributed by atoms with van der Waals surface area (Å²) in [5.74, 6) is 0. The van der Waals surface area contributed by atoms with Crippen LogP contribution in [-0.4, -0.2) is 30.1 Å². The van der Waals surface area contributed by atoms with Crippen LogP contribution in [0.1, 0.15) is 32.1 Å². The molecule has 2 aliphatic rings. The molecule has 1 aliphatic heterocycles. The summed E-state index contributed by atoms with van der Waals surface area (Å²) in [5.41, 5.74) is 0.290. The van der Waals surface area contributed by atoms with E-state index >= 15 is 0 Å². The van der Waals surface area contributed by atoms with Crippen molar-refractivity contribution < 1.29 is 4.79 Å². The monoisotopic (exact) mass is 168 g/mol. The fourth-order valence-electron chi connectivity index (χ4n) is 2.21. The van der Waals surface area contributed by atoms with Crippen LogP contribution in [0, 0.1) is 0 Å². The van der Waals surface area contributed by atoms with Crippen molar-refractivity contribution in [1.29, 1.82) is 0 Å². The van der Waals surface area contributed by atoms with Gasteiger partial charge in [-0.25, -0.2) is 4.79 Å². The van der Waals surface area contributed by atoms with Crippen molar-refractivity contribution in [1.82, 2.24) is 10.2 Å². The Balaban J connectivity index is 2.06. The molecule has 0 aromatic carbocycles. The highest BCUT2D eigenvalue weighted by atomic mass is 16.2. The van der Waals surface area contributed by atoms with Gasteiger partial charge in [-0.15, -0.1) is 0 Å². The molecule has 3 heteroatoms. The lowest BCUT2D eigenvalue weighted by Gasteiger charge is -2.35. The van der Waals surface area contributed by atoms with Gasteiger partial charge in [0.25, 0.3) is 0 Å². The van der Waals surface area contributed by atoms with E-state index in [1.54, 1.807) is 7.05 Å². The predicted octanol–water partition coefficient (Wildman–Crippen LogP) is 1.34. The van der Waals surface area contributed by atoms with Crippen molar-refractivity contribution in [2.24, 2.45) is 0 Å². The third kappa shape index (κ3) is 1.08. The van der Waals surface area contributed by atoms with E-state index in [1.165, 1.54) is 32.1 Å². The van der Waals surface area contributed by atoms with Gasteiger partial charge in [-0.2, -0.15) is 0 Å². The summed E-state index contributed by atoms with van der Waals surface area (Å²) in [4.78, 5) is 13.5. The first-order chi connectivity index (χ1) is 5.78. The van der Waals surface area contributed by atoms with Crippen LogP contribution in [-0.2, 0) is 0 Å². The summed E-state index contributed by atoms with van der Waals surface area (Å²) < 4.78 is 0. The van der Waals surface area contributed by atoms with Crippen LogP contribution >= 0.6 is 0 Å². The van der Waals surface area contributed by atoms with Gasteiger partial charge in [-0.1, -0.05) is 0 Å². The van der Waals surface area contributed by atoms with E-state index < -0.39 is 0 Å². The van der Waals surface area contributed by atoms with E-state index in [2.05, 4.69) is 5.32 Å². The smallest absolute Gasteiger partial charge is 0.317 e. The number of carbonyl (C=O) groups is 1. The molecule has 2 fully saturated rings. The largest absolute Gasteiger partial charge is 0.341 e. The van der Waals surface area contributed by atoms with Crippen LogP contribution in [0.4, 0.5) is 4.79 Å². The Morgan fingerprint density at radius 2 is 2.08 bits per heavy atom. The molecule has 0 radical (unpaired) electrons. The molecule has 1 N–H and O–H groups in total. The average molecular weight is 168 g/mol. The third-order valence-electron chi connectivity index (χ3n) is 3.13. The lowest BCUT2D eigenvalue weighted by atomic mass is 10.0. The highest BCUT2D eigenvalue weighted by Gasteiger charge is 2.50. The van der Waals surface area contributed by atoms with E-state index in [1.807, 2.05) is 4.90 Å². The van der Waals surface area contributed by atoms with E-state index in [4.69, 9.17) is 0 Å². The highest BCUT2D eigenvalue weighted by Crippen LogP contribution is 2.48. The standard InChI is InChI=1S/C9H16N2O/c1-10-8(12)11-7-3-2-4-9(11)5-6-9/h2-7H2,1H3,(H,10,12). The van der Waals surface area contributed by atoms with Crippen molar-refractivity contribution in [3.8, 4) is 0 Å². The molecule has 0 bridgehead atoms. The fourth-order valence-corrected chi connectivity index (χ4v) is 2.21. The minimum Gasteiger partial charge on any atom is -0.341 e. The number of carbonyl (C=O) groups excluding carboxylic acids is 1.